The van der Waals surface area contributed by atoms with Crippen molar-refractivity contribution in [2.75, 3.05) is 7.11 Å². The van der Waals surface area contributed by atoms with Crippen LogP contribution in [0.1, 0.15) is 17.1 Å². The molecule has 0 atom stereocenters. The Morgan fingerprint density at radius 1 is 1.25 bits per heavy atom. The Morgan fingerprint density at radius 3 is 2.75 bits per heavy atom. The normalized spacial score (nSPS) is 10.7. The molecule has 4 heteroatoms. The molecule has 0 N–H and O–H groups in total. The molecular weight excluding hydrogens is 256 g/mol. The number of esters is 1. The second-order valence-electron chi connectivity index (χ2n) is 4.20. The average molecular weight is 272 g/mol. The van der Waals surface area contributed by atoms with Gasteiger partial charge in [0, 0.05) is 11.6 Å². The van der Waals surface area contributed by atoms with E-state index in [1.54, 1.807) is 19.3 Å². The second kappa shape index (κ2) is 6.61. The zero-order chi connectivity index (χ0) is 14.4. The molecule has 1 aromatic heterocycles. The van der Waals surface area contributed by atoms with Gasteiger partial charge >= 0.3 is 5.97 Å². The van der Waals surface area contributed by atoms with Gasteiger partial charge in [-0.1, -0.05) is 18.2 Å². The first-order chi connectivity index (χ1) is 9.69. The molecule has 0 saturated heterocycles. The summed E-state index contributed by atoms with van der Waals surface area (Å²) in [4.78, 5) is 11.6. The molecule has 0 aliphatic carbocycles. The first-order valence-electron chi connectivity index (χ1n) is 6.22. The van der Waals surface area contributed by atoms with Crippen molar-refractivity contribution in [3.8, 4) is 5.75 Å². The van der Waals surface area contributed by atoms with Crippen molar-refractivity contribution < 1.29 is 18.7 Å². The highest BCUT2D eigenvalue weighted by atomic mass is 16.5. The number of hydrogen-bond acceptors (Lipinski definition) is 4. The summed E-state index contributed by atoms with van der Waals surface area (Å²) in [6, 6.07) is 11.0. The first kappa shape index (κ1) is 13.9. The van der Waals surface area contributed by atoms with Gasteiger partial charge in [0.25, 0.3) is 0 Å². The number of carbonyl (C=O) groups is 1. The van der Waals surface area contributed by atoms with Gasteiger partial charge in [-0.3, -0.25) is 0 Å². The quantitative estimate of drug-likeness (QED) is 0.618. The molecule has 104 valence electrons. The summed E-state index contributed by atoms with van der Waals surface area (Å²) in [5.41, 5.74) is 0.825. The van der Waals surface area contributed by atoms with E-state index >= 15 is 0 Å². The summed E-state index contributed by atoms with van der Waals surface area (Å²) in [7, 11) is 1.58. The molecule has 2 aromatic rings. The van der Waals surface area contributed by atoms with Crippen LogP contribution < -0.4 is 4.74 Å². The predicted molar refractivity (Wildman–Crippen MR) is 75.3 cm³/mol. The number of benzene rings is 1. The number of carbonyl (C=O) groups excluding carboxylic acids is 1. The summed E-state index contributed by atoms with van der Waals surface area (Å²) in [5, 5.41) is 0. The van der Waals surface area contributed by atoms with Crippen LogP contribution in [0.2, 0.25) is 0 Å². The number of furan rings is 1. The lowest BCUT2D eigenvalue weighted by molar-refractivity contribution is -0.138. The summed E-state index contributed by atoms with van der Waals surface area (Å²) in [6.07, 6.45) is 2.92. The summed E-state index contributed by atoms with van der Waals surface area (Å²) < 4.78 is 15.7. The fourth-order valence-corrected chi connectivity index (χ4v) is 1.71. The van der Waals surface area contributed by atoms with Crippen molar-refractivity contribution >= 4 is 12.0 Å². The van der Waals surface area contributed by atoms with Crippen molar-refractivity contribution in [1.82, 2.24) is 0 Å². The van der Waals surface area contributed by atoms with E-state index in [1.165, 1.54) is 6.08 Å². The number of aryl methyl sites for hydroxylation is 1. The molecule has 1 heterocycles. The van der Waals surface area contributed by atoms with E-state index < -0.39 is 5.97 Å². The molecule has 0 fully saturated rings. The summed E-state index contributed by atoms with van der Waals surface area (Å²) in [5.74, 6) is 1.69. The van der Waals surface area contributed by atoms with Gasteiger partial charge in [0.05, 0.1) is 7.11 Å². The Bertz CT molecular complexity index is 610. The largest absolute Gasteiger partial charge is 0.496 e. The lowest BCUT2D eigenvalue weighted by Gasteiger charge is -2.07. The monoisotopic (exact) mass is 272 g/mol. The van der Waals surface area contributed by atoms with Gasteiger partial charge in [0.15, 0.2) is 0 Å². The van der Waals surface area contributed by atoms with E-state index in [1.807, 2.05) is 37.3 Å². The Hall–Kier alpha value is -2.49. The van der Waals surface area contributed by atoms with Crippen molar-refractivity contribution in [3.05, 3.63) is 59.6 Å². The zero-order valence-electron chi connectivity index (χ0n) is 11.5. The van der Waals surface area contributed by atoms with Crippen molar-refractivity contribution in [1.29, 1.82) is 0 Å². The number of rotatable bonds is 5. The Labute approximate surface area is 117 Å². The van der Waals surface area contributed by atoms with Gasteiger partial charge in [-0.05, 0) is 31.2 Å². The third-order valence-corrected chi connectivity index (χ3v) is 2.71. The van der Waals surface area contributed by atoms with E-state index in [0.29, 0.717) is 11.5 Å². The van der Waals surface area contributed by atoms with Crippen molar-refractivity contribution in [2.45, 2.75) is 13.5 Å². The van der Waals surface area contributed by atoms with Crippen LogP contribution in [0.5, 0.6) is 5.75 Å². The SMILES string of the molecule is COc1ccccc1COC(=O)C=Cc1ccc(C)o1. The van der Waals surface area contributed by atoms with Gasteiger partial charge < -0.3 is 13.9 Å². The third kappa shape index (κ3) is 3.75. The van der Waals surface area contributed by atoms with E-state index in [9.17, 15) is 4.79 Å². The van der Waals surface area contributed by atoms with E-state index in [2.05, 4.69) is 0 Å². The van der Waals surface area contributed by atoms with Gasteiger partial charge in [0.1, 0.15) is 23.9 Å². The molecule has 0 radical (unpaired) electrons. The fourth-order valence-electron chi connectivity index (χ4n) is 1.71. The maximum absolute atomic E-state index is 11.6. The molecule has 0 unspecified atom stereocenters. The number of para-hydroxylation sites is 1. The van der Waals surface area contributed by atoms with Crippen LogP contribution in [0, 0.1) is 6.92 Å². The summed E-state index contributed by atoms with van der Waals surface area (Å²) >= 11 is 0. The lowest BCUT2D eigenvalue weighted by Crippen LogP contribution is -2.02. The van der Waals surface area contributed by atoms with Crippen LogP contribution in [0.15, 0.2) is 46.9 Å². The van der Waals surface area contributed by atoms with Crippen LogP contribution >= 0.6 is 0 Å². The standard InChI is InChI=1S/C16H16O4/c1-12-7-8-14(20-12)9-10-16(17)19-11-13-5-3-4-6-15(13)18-2/h3-10H,11H2,1-2H3. The molecule has 2 rings (SSSR count). The van der Waals surface area contributed by atoms with Gasteiger partial charge in [-0.25, -0.2) is 4.79 Å². The second-order valence-corrected chi connectivity index (χ2v) is 4.20. The number of methoxy groups -OCH3 is 1. The minimum Gasteiger partial charge on any atom is -0.496 e. The van der Waals surface area contributed by atoms with Crippen LogP contribution in [0.25, 0.3) is 6.08 Å². The van der Waals surface area contributed by atoms with E-state index in [-0.39, 0.29) is 6.61 Å². The minimum absolute atomic E-state index is 0.171. The van der Waals surface area contributed by atoms with E-state index in [0.717, 1.165) is 11.3 Å². The molecule has 0 amide bonds. The topological polar surface area (TPSA) is 48.7 Å². The van der Waals surface area contributed by atoms with Crippen LogP contribution in [0.3, 0.4) is 0 Å². The fraction of sp³-hybridized carbons (Fsp3) is 0.188. The smallest absolute Gasteiger partial charge is 0.331 e. The Kier molecular flexibility index (Phi) is 4.60. The Morgan fingerprint density at radius 2 is 2.05 bits per heavy atom. The molecule has 0 spiro atoms. The number of ether oxygens (including phenoxy) is 2. The van der Waals surface area contributed by atoms with Crippen molar-refractivity contribution in [3.63, 3.8) is 0 Å². The predicted octanol–water partition coefficient (Wildman–Crippen LogP) is 3.35. The van der Waals surface area contributed by atoms with Gasteiger partial charge in [-0.2, -0.15) is 0 Å². The molecule has 0 aliphatic rings. The maximum atomic E-state index is 11.6. The molecule has 0 saturated carbocycles. The molecule has 0 aliphatic heterocycles. The highest BCUT2D eigenvalue weighted by Gasteiger charge is 2.04. The highest BCUT2D eigenvalue weighted by Crippen LogP contribution is 2.18. The molecular formula is C16H16O4. The number of hydrogen-bond donors (Lipinski definition) is 0. The lowest BCUT2D eigenvalue weighted by atomic mass is 10.2. The van der Waals surface area contributed by atoms with E-state index in [4.69, 9.17) is 13.9 Å². The molecule has 1 aromatic carbocycles. The maximum Gasteiger partial charge on any atom is 0.331 e. The Balaban J connectivity index is 1.90. The minimum atomic E-state index is -0.426. The zero-order valence-corrected chi connectivity index (χ0v) is 11.5. The molecule has 20 heavy (non-hydrogen) atoms. The van der Waals surface area contributed by atoms with Gasteiger partial charge in [0.2, 0.25) is 0 Å². The van der Waals surface area contributed by atoms with Crippen molar-refractivity contribution in [2.24, 2.45) is 0 Å². The highest BCUT2D eigenvalue weighted by molar-refractivity contribution is 5.86. The van der Waals surface area contributed by atoms with Gasteiger partial charge in [-0.15, -0.1) is 0 Å². The first-order valence-corrected chi connectivity index (χ1v) is 6.22. The van der Waals surface area contributed by atoms with Crippen LogP contribution in [-0.4, -0.2) is 13.1 Å². The third-order valence-electron chi connectivity index (χ3n) is 2.71. The average Bonchev–Trinajstić information content (AvgIpc) is 2.89. The molecule has 4 nitrogen and oxygen atoms in total. The van der Waals surface area contributed by atoms with Crippen LogP contribution in [0.4, 0.5) is 0 Å². The summed E-state index contributed by atoms with van der Waals surface area (Å²) in [6.45, 7) is 2.02. The molecule has 0 bridgehead atoms. The van der Waals surface area contributed by atoms with Crippen LogP contribution in [-0.2, 0) is 16.1 Å².